The third kappa shape index (κ3) is 2.78. The lowest BCUT2D eigenvalue weighted by Gasteiger charge is -2.44. The first-order valence-corrected chi connectivity index (χ1v) is 8.38. The summed E-state index contributed by atoms with van der Waals surface area (Å²) in [7, 11) is 0. The van der Waals surface area contributed by atoms with Crippen LogP contribution in [0.15, 0.2) is 18.2 Å². The number of nitrogens with zero attached hydrogens (tertiary/aromatic N) is 3. The Morgan fingerprint density at radius 2 is 2.14 bits per heavy atom. The van der Waals surface area contributed by atoms with Gasteiger partial charge in [-0.2, -0.15) is 8.75 Å². The molecule has 1 amide bonds. The smallest absolute Gasteiger partial charge is 0.407 e. The van der Waals surface area contributed by atoms with Crippen molar-refractivity contribution < 1.29 is 9.53 Å². The number of benzene rings is 1. The van der Waals surface area contributed by atoms with Gasteiger partial charge in [-0.3, -0.25) is 0 Å². The molecule has 6 nitrogen and oxygen atoms in total. The van der Waals surface area contributed by atoms with Crippen LogP contribution in [0.5, 0.6) is 0 Å². The summed E-state index contributed by atoms with van der Waals surface area (Å²) in [5, 5.41) is 3.02. The van der Waals surface area contributed by atoms with E-state index < -0.39 is 0 Å². The Balaban J connectivity index is 1.32. The van der Waals surface area contributed by atoms with Gasteiger partial charge in [0, 0.05) is 12.6 Å². The summed E-state index contributed by atoms with van der Waals surface area (Å²) in [5.74, 6) is 0.606. The fourth-order valence-corrected chi connectivity index (χ4v) is 3.91. The average molecular weight is 318 g/mol. The Labute approximate surface area is 132 Å². The van der Waals surface area contributed by atoms with Crippen molar-refractivity contribution in [3.8, 4) is 0 Å². The number of nitrogens with one attached hydrogen (secondary N) is 1. The van der Waals surface area contributed by atoms with E-state index in [0.717, 1.165) is 23.1 Å². The Morgan fingerprint density at radius 1 is 1.32 bits per heavy atom. The molecule has 3 aliphatic rings. The maximum Gasteiger partial charge on any atom is 0.407 e. The number of alkyl carbamates (subject to hydrolysis) is 1. The van der Waals surface area contributed by atoms with Crippen LogP contribution < -0.4 is 5.32 Å². The molecule has 1 unspecified atom stereocenters. The van der Waals surface area contributed by atoms with Gasteiger partial charge in [-0.15, -0.1) is 0 Å². The fourth-order valence-electron chi connectivity index (χ4n) is 3.39. The van der Waals surface area contributed by atoms with E-state index in [-0.39, 0.29) is 18.7 Å². The van der Waals surface area contributed by atoms with Crippen LogP contribution in [-0.2, 0) is 11.3 Å². The highest BCUT2D eigenvalue weighted by Gasteiger charge is 2.35. The third-order valence-electron chi connectivity index (χ3n) is 4.65. The quantitative estimate of drug-likeness (QED) is 0.938. The Morgan fingerprint density at radius 3 is 2.91 bits per heavy atom. The minimum atomic E-state index is -0.324. The molecule has 0 saturated carbocycles. The second-order valence-corrected chi connectivity index (χ2v) is 6.58. The first-order chi connectivity index (χ1) is 10.8. The van der Waals surface area contributed by atoms with Crippen LogP contribution in [0.2, 0.25) is 0 Å². The number of fused-ring (bicyclic) bond motifs is 4. The molecule has 3 saturated heterocycles. The van der Waals surface area contributed by atoms with Gasteiger partial charge < -0.3 is 15.0 Å². The van der Waals surface area contributed by atoms with E-state index in [1.165, 1.54) is 37.7 Å². The van der Waals surface area contributed by atoms with Crippen LogP contribution in [0, 0.1) is 5.92 Å². The van der Waals surface area contributed by atoms with Gasteiger partial charge in [0.15, 0.2) is 0 Å². The normalized spacial score (nSPS) is 27.0. The third-order valence-corrected chi connectivity index (χ3v) is 5.20. The van der Waals surface area contributed by atoms with Gasteiger partial charge in [0.05, 0.1) is 11.7 Å². The van der Waals surface area contributed by atoms with Crippen molar-refractivity contribution >= 4 is 28.9 Å². The Bertz CT molecular complexity index is 681. The Kier molecular flexibility index (Phi) is 3.67. The molecule has 116 valence electrons. The number of amides is 1. The molecule has 1 N–H and O–H groups in total. The maximum absolute atomic E-state index is 12.0. The lowest BCUT2D eigenvalue weighted by molar-refractivity contribution is 0.0642. The number of carbonyl (C=O) groups is 1. The lowest BCUT2D eigenvalue weighted by Crippen LogP contribution is -2.57. The first-order valence-electron chi connectivity index (χ1n) is 7.65. The highest BCUT2D eigenvalue weighted by atomic mass is 32.1. The number of carbonyl (C=O) groups excluding carboxylic acids is 1. The van der Waals surface area contributed by atoms with E-state index in [0.29, 0.717) is 5.92 Å². The van der Waals surface area contributed by atoms with Gasteiger partial charge in [0.2, 0.25) is 0 Å². The molecule has 2 bridgehead atoms. The maximum atomic E-state index is 12.0. The summed E-state index contributed by atoms with van der Waals surface area (Å²) in [4.78, 5) is 14.4. The van der Waals surface area contributed by atoms with Crippen LogP contribution in [-0.4, -0.2) is 45.4 Å². The monoisotopic (exact) mass is 318 g/mol. The van der Waals surface area contributed by atoms with Gasteiger partial charge >= 0.3 is 6.09 Å². The zero-order valence-electron chi connectivity index (χ0n) is 12.2. The minimum absolute atomic E-state index is 0.236. The standard InChI is InChI=1S/C15H18N4O2S/c20-15(16-14-8-19-5-3-11(14)4-6-19)21-9-10-1-2-12-13(7-10)18-22-17-12/h1-2,7,11,14H,3-6,8-9H2,(H,16,20). The molecule has 2 aromatic rings. The predicted molar refractivity (Wildman–Crippen MR) is 83.7 cm³/mol. The molecule has 4 heterocycles. The van der Waals surface area contributed by atoms with E-state index in [2.05, 4.69) is 19.0 Å². The van der Waals surface area contributed by atoms with Gasteiger partial charge in [-0.1, -0.05) is 6.07 Å². The summed E-state index contributed by atoms with van der Waals surface area (Å²) in [6, 6.07) is 5.98. The molecule has 1 atom stereocenters. The molecule has 22 heavy (non-hydrogen) atoms. The summed E-state index contributed by atoms with van der Waals surface area (Å²) in [6.07, 6.45) is 2.03. The van der Waals surface area contributed by atoms with Crippen molar-refractivity contribution in [1.82, 2.24) is 19.0 Å². The van der Waals surface area contributed by atoms with E-state index in [4.69, 9.17) is 4.74 Å². The summed E-state index contributed by atoms with van der Waals surface area (Å²) in [6.45, 7) is 3.55. The molecule has 0 radical (unpaired) electrons. The highest BCUT2D eigenvalue weighted by molar-refractivity contribution is 7.00. The number of aromatic nitrogens is 2. The number of hydrogen-bond donors (Lipinski definition) is 1. The van der Waals surface area contributed by atoms with Crippen LogP contribution in [0.4, 0.5) is 4.79 Å². The summed E-state index contributed by atoms with van der Waals surface area (Å²) in [5.41, 5.74) is 2.67. The Hall–Kier alpha value is -1.73. The van der Waals surface area contributed by atoms with Crippen molar-refractivity contribution in [3.05, 3.63) is 23.8 Å². The van der Waals surface area contributed by atoms with Crippen molar-refractivity contribution in [3.63, 3.8) is 0 Å². The van der Waals surface area contributed by atoms with Gasteiger partial charge in [0.25, 0.3) is 0 Å². The molecule has 5 rings (SSSR count). The second kappa shape index (κ2) is 5.81. The molecule has 1 aromatic carbocycles. The molecule has 7 heteroatoms. The van der Waals surface area contributed by atoms with Crippen LogP contribution in [0.1, 0.15) is 18.4 Å². The average Bonchev–Trinajstić information content (AvgIpc) is 3.02. The summed E-state index contributed by atoms with van der Waals surface area (Å²) < 4.78 is 13.7. The van der Waals surface area contributed by atoms with E-state index >= 15 is 0 Å². The molecule has 1 aromatic heterocycles. The van der Waals surface area contributed by atoms with Crippen molar-refractivity contribution in [2.24, 2.45) is 5.92 Å². The SMILES string of the molecule is O=C(NC1CN2CCC1CC2)OCc1ccc2nsnc2c1. The molecule has 0 aliphatic carbocycles. The topological polar surface area (TPSA) is 67.4 Å². The first kappa shape index (κ1) is 13.9. The summed E-state index contributed by atoms with van der Waals surface area (Å²) >= 11 is 1.19. The molecule has 3 fully saturated rings. The fraction of sp³-hybridized carbons (Fsp3) is 0.533. The van der Waals surface area contributed by atoms with E-state index in [9.17, 15) is 4.79 Å². The molecule has 0 spiro atoms. The molecular formula is C15H18N4O2S. The van der Waals surface area contributed by atoms with Gasteiger partial charge in [-0.25, -0.2) is 4.79 Å². The van der Waals surface area contributed by atoms with Crippen molar-refractivity contribution in [1.29, 1.82) is 0 Å². The highest BCUT2D eigenvalue weighted by Crippen LogP contribution is 2.27. The number of piperidine rings is 3. The molecule has 3 aliphatic heterocycles. The predicted octanol–water partition coefficient (Wildman–Crippen LogP) is 2.01. The van der Waals surface area contributed by atoms with Gasteiger partial charge in [0.1, 0.15) is 17.6 Å². The van der Waals surface area contributed by atoms with Gasteiger partial charge in [-0.05, 0) is 49.5 Å². The van der Waals surface area contributed by atoms with Crippen molar-refractivity contribution in [2.45, 2.75) is 25.5 Å². The van der Waals surface area contributed by atoms with Crippen LogP contribution in [0.25, 0.3) is 11.0 Å². The zero-order valence-corrected chi connectivity index (χ0v) is 13.0. The van der Waals surface area contributed by atoms with Crippen LogP contribution >= 0.6 is 11.7 Å². The van der Waals surface area contributed by atoms with Crippen molar-refractivity contribution in [2.75, 3.05) is 19.6 Å². The number of ether oxygens (including phenoxy) is 1. The largest absolute Gasteiger partial charge is 0.445 e. The number of rotatable bonds is 3. The number of hydrogen-bond acceptors (Lipinski definition) is 6. The second-order valence-electron chi connectivity index (χ2n) is 6.05. The van der Waals surface area contributed by atoms with E-state index in [1.807, 2.05) is 18.2 Å². The molecular weight excluding hydrogens is 300 g/mol. The van der Waals surface area contributed by atoms with E-state index in [1.54, 1.807) is 0 Å². The van der Waals surface area contributed by atoms with Crippen LogP contribution in [0.3, 0.4) is 0 Å². The zero-order chi connectivity index (χ0) is 14.9. The minimum Gasteiger partial charge on any atom is -0.445 e. The lowest BCUT2D eigenvalue weighted by atomic mass is 9.84.